The van der Waals surface area contributed by atoms with E-state index in [1.807, 2.05) is 23.3 Å². The van der Waals surface area contributed by atoms with Crippen LogP contribution in [-0.4, -0.2) is 35.0 Å². The predicted molar refractivity (Wildman–Crippen MR) is 85.7 cm³/mol. The lowest BCUT2D eigenvalue weighted by Gasteiger charge is -2.22. The quantitative estimate of drug-likeness (QED) is 0.833. The maximum atomic E-state index is 5.15. The van der Waals surface area contributed by atoms with Gasteiger partial charge in [-0.15, -0.1) is 11.3 Å². The highest BCUT2D eigenvalue weighted by atomic mass is 32.1. The summed E-state index contributed by atoms with van der Waals surface area (Å²) in [6, 6.07) is 0.0584. The van der Waals surface area contributed by atoms with E-state index in [0.717, 1.165) is 17.2 Å². The highest BCUT2D eigenvalue weighted by molar-refractivity contribution is 7.09. The third kappa shape index (κ3) is 3.90. The lowest BCUT2D eigenvalue weighted by molar-refractivity contribution is 0.197. The van der Waals surface area contributed by atoms with Crippen LogP contribution >= 0.6 is 11.3 Å². The molecule has 2 rings (SSSR count). The Labute approximate surface area is 130 Å². The van der Waals surface area contributed by atoms with Gasteiger partial charge in [0, 0.05) is 49.5 Å². The molecule has 0 radical (unpaired) electrons. The van der Waals surface area contributed by atoms with Gasteiger partial charge in [-0.25, -0.2) is 4.98 Å². The molecular weight excluding hydrogens is 284 g/mol. The SMILES string of the molecule is COCCNC(c1nccs1)c1cn(C)nc1C(C)(C)C. The number of rotatable bonds is 6. The van der Waals surface area contributed by atoms with Crippen LogP contribution in [0.1, 0.15) is 43.1 Å². The zero-order chi connectivity index (χ0) is 15.5. The van der Waals surface area contributed by atoms with Crippen LogP contribution in [-0.2, 0) is 17.2 Å². The highest BCUT2D eigenvalue weighted by Crippen LogP contribution is 2.32. The summed E-state index contributed by atoms with van der Waals surface area (Å²) in [6.45, 7) is 8.01. The summed E-state index contributed by atoms with van der Waals surface area (Å²) in [4.78, 5) is 4.48. The van der Waals surface area contributed by atoms with Crippen LogP contribution in [0.25, 0.3) is 0 Å². The smallest absolute Gasteiger partial charge is 0.114 e. The second kappa shape index (κ2) is 6.68. The fourth-order valence-corrected chi connectivity index (χ4v) is 3.04. The van der Waals surface area contributed by atoms with Crippen LogP contribution in [0, 0.1) is 0 Å². The van der Waals surface area contributed by atoms with E-state index in [1.165, 1.54) is 5.56 Å². The number of thiazole rings is 1. The Kier molecular flexibility index (Phi) is 5.13. The maximum Gasteiger partial charge on any atom is 0.114 e. The lowest BCUT2D eigenvalue weighted by Crippen LogP contribution is -2.28. The average molecular weight is 308 g/mol. The van der Waals surface area contributed by atoms with Crippen LogP contribution in [0.4, 0.5) is 0 Å². The van der Waals surface area contributed by atoms with E-state index in [4.69, 9.17) is 4.74 Å². The predicted octanol–water partition coefficient (Wildman–Crippen LogP) is 2.50. The topological polar surface area (TPSA) is 52.0 Å². The summed E-state index contributed by atoms with van der Waals surface area (Å²) in [7, 11) is 3.68. The Hall–Kier alpha value is -1.24. The van der Waals surface area contributed by atoms with E-state index in [2.05, 4.69) is 42.4 Å². The first-order valence-electron chi connectivity index (χ1n) is 7.09. The Balaban J connectivity index is 2.37. The molecule has 0 fully saturated rings. The van der Waals surface area contributed by atoms with Crippen molar-refractivity contribution in [2.75, 3.05) is 20.3 Å². The van der Waals surface area contributed by atoms with Crippen molar-refractivity contribution < 1.29 is 4.74 Å². The average Bonchev–Trinajstić information content (AvgIpc) is 3.03. The third-order valence-corrected chi connectivity index (χ3v) is 4.07. The summed E-state index contributed by atoms with van der Waals surface area (Å²) in [6.07, 6.45) is 3.94. The molecule has 2 aromatic heterocycles. The largest absolute Gasteiger partial charge is 0.383 e. The molecule has 5 nitrogen and oxygen atoms in total. The van der Waals surface area contributed by atoms with Crippen LogP contribution < -0.4 is 5.32 Å². The molecule has 21 heavy (non-hydrogen) atoms. The van der Waals surface area contributed by atoms with Gasteiger partial charge >= 0.3 is 0 Å². The van der Waals surface area contributed by atoms with Gasteiger partial charge in [0.2, 0.25) is 0 Å². The normalized spacial score (nSPS) is 13.6. The summed E-state index contributed by atoms with van der Waals surface area (Å²) < 4.78 is 7.03. The Bertz CT molecular complexity index is 557. The number of nitrogens with one attached hydrogen (secondary N) is 1. The number of aromatic nitrogens is 3. The Morgan fingerprint density at radius 1 is 1.43 bits per heavy atom. The monoisotopic (exact) mass is 308 g/mol. The van der Waals surface area contributed by atoms with Gasteiger partial charge in [0.05, 0.1) is 18.3 Å². The molecule has 0 spiro atoms. The van der Waals surface area contributed by atoms with Crippen LogP contribution in [0.5, 0.6) is 0 Å². The molecule has 0 saturated carbocycles. The van der Waals surface area contributed by atoms with Gasteiger partial charge in [-0.05, 0) is 0 Å². The molecule has 1 atom stereocenters. The number of methoxy groups -OCH3 is 1. The third-order valence-electron chi connectivity index (χ3n) is 3.23. The van der Waals surface area contributed by atoms with E-state index >= 15 is 0 Å². The van der Waals surface area contributed by atoms with Crippen molar-refractivity contribution in [2.45, 2.75) is 32.2 Å². The highest BCUT2D eigenvalue weighted by Gasteiger charge is 2.28. The number of hydrogen-bond donors (Lipinski definition) is 1. The zero-order valence-corrected chi connectivity index (χ0v) is 14.2. The molecule has 2 heterocycles. The van der Waals surface area contributed by atoms with Crippen LogP contribution in [0.2, 0.25) is 0 Å². The molecule has 0 bridgehead atoms. The molecular formula is C15H24N4OS. The van der Waals surface area contributed by atoms with Crippen molar-refractivity contribution in [3.63, 3.8) is 0 Å². The molecule has 6 heteroatoms. The minimum Gasteiger partial charge on any atom is -0.383 e. The molecule has 0 aliphatic carbocycles. The van der Waals surface area contributed by atoms with Gasteiger partial charge in [-0.2, -0.15) is 5.10 Å². The number of ether oxygens (including phenoxy) is 1. The van der Waals surface area contributed by atoms with Gasteiger partial charge in [0.15, 0.2) is 0 Å². The molecule has 0 saturated heterocycles. The Morgan fingerprint density at radius 3 is 2.76 bits per heavy atom. The van der Waals surface area contributed by atoms with Crippen molar-refractivity contribution in [3.05, 3.63) is 34.0 Å². The summed E-state index contributed by atoms with van der Waals surface area (Å²) >= 11 is 1.66. The first kappa shape index (κ1) is 16.1. The summed E-state index contributed by atoms with van der Waals surface area (Å²) in [5, 5.41) is 11.3. The molecule has 0 aliphatic heterocycles. The first-order valence-corrected chi connectivity index (χ1v) is 7.97. The molecule has 116 valence electrons. The van der Waals surface area contributed by atoms with Gasteiger partial charge < -0.3 is 10.1 Å². The lowest BCUT2D eigenvalue weighted by atomic mass is 9.87. The molecule has 0 amide bonds. The molecule has 0 aromatic carbocycles. The summed E-state index contributed by atoms with van der Waals surface area (Å²) in [5.74, 6) is 0. The van der Waals surface area contributed by atoms with Crippen molar-refractivity contribution in [1.29, 1.82) is 0 Å². The fourth-order valence-electron chi connectivity index (χ4n) is 2.31. The first-order chi connectivity index (χ1) is 9.93. The van der Waals surface area contributed by atoms with Gasteiger partial charge in [0.1, 0.15) is 5.01 Å². The van der Waals surface area contributed by atoms with Gasteiger partial charge in [-0.1, -0.05) is 20.8 Å². The van der Waals surface area contributed by atoms with Crippen molar-refractivity contribution in [3.8, 4) is 0 Å². The molecule has 0 aliphatic rings. The van der Waals surface area contributed by atoms with Crippen molar-refractivity contribution in [1.82, 2.24) is 20.1 Å². The van der Waals surface area contributed by atoms with Crippen molar-refractivity contribution in [2.24, 2.45) is 7.05 Å². The van der Waals surface area contributed by atoms with E-state index < -0.39 is 0 Å². The minimum atomic E-state index is -0.00492. The van der Waals surface area contributed by atoms with E-state index in [9.17, 15) is 0 Å². The maximum absolute atomic E-state index is 5.15. The number of hydrogen-bond acceptors (Lipinski definition) is 5. The van der Waals surface area contributed by atoms with Gasteiger partial charge in [-0.3, -0.25) is 4.68 Å². The van der Waals surface area contributed by atoms with Crippen molar-refractivity contribution >= 4 is 11.3 Å². The van der Waals surface area contributed by atoms with E-state index in [-0.39, 0.29) is 11.5 Å². The fraction of sp³-hybridized carbons (Fsp3) is 0.600. The molecule has 1 unspecified atom stereocenters. The van der Waals surface area contributed by atoms with E-state index in [0.29, 0.717) is 6.61 Å². The zero-order valence-electron chi connectivity index (χ0n) is 13.4. The number of aryl methyl sites for hydroxylation is 1. The molecule has 1 N–H and O–H groups in total. The molecule has 2 aromatic rings. The van der Waals surface area contributed by atoms with Crippen LogP contribution in [0.15, 0.2) is 17.8 Å². The number of nitrogens with zero attached hydrogens (tertiary/aromatic N) is 3. The second-order valence-corrected chi connectivity index (χ2v) is 7.03. The second-order valence-electron chi connectivity index (χ2n) is 6.11. The summed E-state index contributed by atoms with van der Waals surface area (Å²) in [5.41, 5.74) is 2.29. The standard InChI is InChI=1S/C15H24N4OS/c1-15(2,3)13-11(10-19(4)18-13)12(16-6-8-20-5)14-17-7-9-21-14/h7,9-10,12,16H,6,8H2,1-5H3. The van der Waals surface area contributed by atoms with Gasteiger partial charge in [0.25, 0.3) is 0 Å². The minimum absolute atomic E-state index is 0.00492. The Morgan fingerprint density at radius 2 is 2.19 bits per heavy atom. The van der Waals surface area contributed by atoms with E-state index in [1.54, 1.807) is 18.4 Å². The van der Waals surface area contributed by atoms with Crippen LogP contribution in [0.3, 0.4) is 0 Å².